The number of likely N-dealkylation sites (tertiary alicyclic amines) is 1. The van der Waals surface area contributed by atoms with E-state index in [1.807, 2.05) is 73.7 Å². The number of carbonyl (C=O) groups excluding carboxylic acids is 2. The second-order valence-corrected chi connectivity index (χ2v) is 11.6. The number of aliphatic hydroxyl groups excluding tert-OH is 1. The number of nitrogens with two attached hydrogens (primary N) is 1. The number of ether oxygens (including phenoxy) is 1. The van der Waals surface area contributed by atoms with E-state index in [2.05, 4.69) is 15.3 Å². The highest BCUT2D eigenvalue weighted by atomic mass is 16.5. The van der Waals surface area contributed by atoms with Crippen LogP contribution in [-0.4, -0.2) is 69.2 Å². The Bertz CT molecular complexity index is 1370. The van der Waals surface area contributed by atoms with Crippen molar-refractivity contribution in [2.24, 2.45) is 11.1 Å². The fourth-order valence-electron chi connectivity index (χ4n) is 5.25. The van der Waals surface area contributed by atoms with Gasteiger partial charge in [-0.2, -0.15) is 0 Å². The molecule has 1 aliphatic heterocycles. The van der Waals surface area contributed by atoms with Gasteiger partial charge in [-0.05, 0) is 56.4 Å². The maximum absolute atomic E-state index is 13.9. The van der Waals surface area contributed by atoms with Gasteiger partial charge < -0.3 is 25.8 Å². The second-order valence-electron chi connectivity index (χ2n) is 11.6. The van der Waals surface area contributed by atoms with Crippen LogP contribution in [0, 0.1) is 5.41 Å². The van der Waals surface area contributed by atoms with Crippen LogP contribution in [0.1, 0.15) is 44.7 Å². The van der Waals surface area contributed by atoms with Crippen LogP contribution < -0.4 is 11.1 Å². The van der Waals surface area contributed by atoms with Crippen molar-refractivity contribution in [3.05, 3.63) is 96.3 Å². The minimum absolute atomic E-state index is 0.0618. The van der Waals surface area contributed by atoms with E-state index in [1.54, 1.807) is 37.2 Å². The van der Waals surface area contributed by atoms with Crippen molar-refractivity contribution in [1.82, 2.24) is 20.2 Å². The molecule has 2 unspecified atom stereocenters. The van der Waals surface area contributed by atoms with Gasteiger partial charge in [-0.15, -0.1) is 0 Å². The first-order valence-corrected chi connectivity index (χ1v) is 14.9. The van der Waals surface area contributed by atoms with Crippen LogP contribution in [0.5, 0.6) is 0 Å². The lowest BCUT2D eigenvalue weighted by Gasteiger charge is -2.32. The molecule has 5 atom stereocenters. The van der Waals surface area contributed by atoms with Crippen molar-refractivity contribution in [2.75, 3.05) is 13.2 Å². The molecular weight excluding hydrogens is 542 g/mol. The maximum atomic E-state index is 13.9. The normalized spacial score (nSPS) is 18.6. The fourth-order valence-corrected chi connectivity index (χ4v) is 5.25. The van der Waals surface area contributed by atoms with Crippen LogP contribution in [0.4, 0.5) is 0 Å². The largest absolute Gasteiger partial charge is 0.395 e. The van der Waals surface area contributed by atoms with E-state index in [-0.39, 0.29) is 18.6 Å². The van der Waals surface area contributed by atoms with E-state index in [9.17, 15) is 14.7 Å². The molecule has 0 radical (unpaired) electrons. The minimum atomic E-state index is -0.886. The van der Waals surface area contributed by atoms with Crippen LogP contribution in [-0.2, 0) is 27.4 Å². The van der Waals surface area contributed by atoms with Crippen molar-refractivity contribution >= 4 is 11.8 Å². The number of nitrogens with one attached hydrogen (secondary N) is 1. The lowest BCUT2D eigenvalue weighted by atomic mass is 9.83. The third kappa shape index (κ3) is 8.79. The van der Waals surface area contributed by atoms with E-state index < -0.39 is 29.5 Å². The van der Waals surface area contributed by atoms with Gasteiger partial charge in [-0.1, -0.05) is 67.6 Å². The quantitative estimate of drug-likeness (QED) is 0.261. The van der Waals surface area contributed by atoms with Crippen molar-refractivity contribution in [3.63, 3.8) is 0 Å². The number of amides is 2. The molecule has 0 aliphatic carbocycles. The van der Waals surface area contributed by atoms with Gasteiger partial charge >= 0.3 is 0 Å². The zero-order valence-corrected chi connectivity index (χ0v) is 25.2. The third-order valence-corrected chi connectivity index (χ3v) is 7.83. The second kappa shape index (κ2) is 15.0. The van der Waals surface area contributed by atoms with Crippen molar-refractivity contribution in [1.29, 1.82) is 0 Å². The van der Waals surface area contributed by atoms with Crippen LogP contribution in [0.3, 0.4) is 0 Å². The number of rotatable bonds is 13. The van der Waals surface area contributed by atoms with Gasteiger partial charge in [0.05, 0.1) is 31.4 Å². The Labute approximate surface area is 254 Å². The highest BCUT2D eigenvalue weighted by Crippen LogP contribution is 2.28. The molecule has 9 heteroatoms. The molecule has 2 aromatic carbocycles. The Morgan fingerprint density at radius 2 is 1.84 bits per heavy atom. The van der Waals surface area contributed by atoms with Gasteiger partial charge in [0.25, 0.3) is 0 Å². The van der Waals surface area contributed by atoms with E-state index in [1.165, 1.54) is 0 Å². The van der Waals surface area contributed by atoms with Gasteiger partial charge in [0.1, 0.15) is 6.04 Å². The van der Waals surface area contributed by atoms with Gasteiger partial charge in [0, 0.05) is 29.9 Å². The zero-order chi connectivity index (χ0) is 30.8. The van der Waals surface area contributed by atoms with Gasteiger partial charge in [-0.25, -0.2) is 9.97 Å². The van der Waals surface area contributed by atoms with Crippen LogP contribution >= 0.6 is 0 Å². The van der Waals surface area contributed by atoms with Gasteiger partial charge in [-0.3, -0.25) is 9.59 Å². The summed E-state index contributed by atoms with van der Waals surface area (Å²) in [6.07, 6.45) is 9.11. The average molecular weight is 586 g/mol. The predicted molar refractivity (Wildman–Crippen MR) is 167 cm³/mol. The lowest BCUT2D eigenvalue weighted by Crippen LogP contribution is -2.57. The van der Waals surface area contributed by atoms with E-state index in [4.69, 9.17) is 10.5 Å². The SMILES string of the molecule is CC(OCc1ccccc1)C(NC(=O)[C@H](C)N)C(=O)N1CCC[C@H]1/C=C/[C@](C)(CO)Cc1cccc(-c2ncccn2)c1. The Morgan fingerprint density at radius 3 is 2.53 bits per heavy atom. The average Bonchev–Trinajstić information content (AvgIpc) is 3.51. The molecule has 43 heavy (non-hydrogen) atoms. The smallest absolute Gasteiger partial charge is 0.248 e. The zero-order valence-electron chi connectivity index (χ0n) is 25.2. The Morgan fingerprint density at radius 1 is 1.12 bits per heavy atom. The highest BCUT2D eigenvalue weighted by Gasteiger charge is 2.37. The van der Waals surface area contributed by atoms with Gasteiger partial charge in [0.15, 0.2) is 5.82 Å². The number of nitrogens with zero attached hydrogens (tertiary/aromatic N) is 3. The van der Waals surface area contributed by atoms with E-state index in [0.29, 0.717) is 25.4 Å². The summed E-state index contributed by atoms with van der Waals surface area (Å²) in [5.74, 6) is 0.0390. The molecule has 2 heterocycles. The molecule has 4 N–H and O–H groups in total. The van der Waals surface area contributed by atoms with Crippen LogP contribution in [0.15, 0.2) is 85.2 Å². The number of benzene rings is 2. The summed E-state index contributed by atoms with van der Waals surface area (Å²) in [5.41, 5.74) is 8.22. The summed E-state index contributed by atoms with van der Waals surface area (Å²) >= 11 is 0. The lowest BCUT2D eigenvalue weighted by molar-refractivity contribution is -0.141. The Hall–Kier alpha value is -3.92. The van der Waals surface area contributed by atoms with Crippen LogP contribution in [0.2, 0.25) is 0 Å². The van der Waals surface area contributed by atoms with E-state index >= 15 is 0 Å². The predicted octanol–water partition coefficient (Wildman–Crippen LogP) is 3.67. The summed E-state index contributed by atoms with van der Waals surface area (Å²) in [5, 5.41) is 13.2. The first-order chi connectivity index (χ1) is 20.7. The first-order valence-electron chi connectivity index (χ1n) is 14.9. The number of hydrogen-bond donors (Lipinski definition) is 3. The van der Waals surface area contributed by atoms with Crippen LogP contribution in [0.25, 0.3) is 11.4 Å². The molecule has 4 rings (SSSR count). The molecular formula is C34H43N5O4. The topological polar surface area (TPSA) is 131 Å². The number of aliphatic hydroxyl groups is 1. The van der Waals surface area contributed by atoms with Crippen molar-refractivity contribution < 1.29 is 19.4 Å². The third-order valence-electron chi connectivity index (χ3n) is 7.83. The monoisotopic (exact) mass is 585 g/mol. The molecule has 1 aliphatic rings. The number of hydrogen-bond acceptors (Lipinski definition) is 7. The molecule has 0 spiro atoms. The van der Waals surface area contributed by atoms with Crippen molar-refractivity contribution in [3.8, 4) is 11.4 Å². The minimum Gasteiger partial charge on any atom is -0.395 e. The van der Waals surface area contributed by atoms with Crippen molar-refractivity contribution in [2.45, 2.75) is 70.9 Å². The Balaban J connectivity index is 1.47. The molecule has 0 saturated carbocycles. The Kier molecular flexibility index (Phi) is 11.2. The molecule has 1 fully saturated rings. The number of aromatic nitrogens is 2. The molecule has 0 bridgehead atoms. The summed E-state index contributed by atoms with van der Waals surface area (Å²) in [6, 6.07) is 17.7. The molecule has 228 valence electrons. The van der Waals surface area contributed by atoms with Gasteiger partial charge in [0.2, 0.25) is 11.8 Å². The van der Waals surface area contributed by atoms with E-state index in [0.717, 1.165) is 29.5 Å². The highest BCUT2D eigenvalue weighted by molar-refractivity contribution is 5.90. The molecule has 9 nitrogen and oxygen atoms in total. The fraction of sp³-hybridized carbons (Fsp3) is 0.412. The summed E-state index contributed by atoms with van der Waals surface area (Å²) in [6.45, 7) is 6.21. The molecule has 3 aromatic rings. The molecule has 2 amide bonds. The number of carbonyl (C=O) groups is 2. The summed E-state index contributed by atoms with van der Waals surface area (Å²) in [4.78, 5) is 37.0. The summed E-state index contributed by atoms with van der Waals surface area (Å²) < 4.78 is 6.06. The molecule has 1 saturated heterocycles. The first kappa shape index (κ1) is 32.0. The standard InChI is InChI=1S/C34H43N5O4/c1-24(35)32(41)38-30(25(2)43-22-26-10-5-4-6-11-26)33(42)39-19-8-14-29(39)15-16-34(3,23-40)21-27-12-7-13-28(20-27)31-36-17-9-18-37-31/h4-7,9-13,15-18,20,24-25,29-30,40H,8,14,19,21-23,35H2,1-3H3,(H,38,41)/b16-15+/t24-,25?,29-,30?,34-/m0/s1. The molecule has 1 aromatic heterocycles. The maximum Gasteiger partial charge on any atom is 0.248 e. The summed E-state index contributed by atoms with van der Waals surface area (Å²) in [7, 11) is 0.